The van der Waals surface area contributed by atoms with Gasteiger partial charge in [0.25, 0.3) is 5.89 Å². The first-order chi connectivity index (χ1) is 12.2. The van der Waals surface area contributed by atoms with E-state index in [0.29, 0.717) is 6.54 Å². The minimum absolute atomic E-state index is 0.154. The standard InChI is InChI=1S/C18H19N3O3S/c1-2-13(14-7-4-3-5-8-14)11-19-16(22)12-21-18(23)24-17(20-21)15-9-6-10-25-15/h3-10,13H,2,11-12H2,1H3,(H,19,22). The zero-order valence-electron chi connectivity index (χ0n) is 13.8. The van der Waals surface area contributed by atoms with Crippen LogP contribution in [0, 0.1) is 0 Å². The van der Waals surface area contributed by atoms with Crippen LogP contribution >= 0.6 is 11.3 Å². The van der Waals surface area contributed by atoms with Gasteiger partial charge in [0, 0.05) is 12.5 Å². The molecule has 130 valence electrons. The molecule has 0 fully saturated rings. The number of hydrogen-bond acceptors (Lipinski definition) is 5. The predicted octanol–water partition coefficient (Wildman–Crippen LogP) is 2.87. The number of aromatic nitrogens is 2. The van der Waals surface area contributed by atoms with Crippen LogP contribution in [0.15, 0.2) is 57.1 Å². The summed E-state index contributed by atoms with van der Waals surface area (Å²) >= 11 is 1.42. The molecule has 0 spiro atoms. The zero-order valence-corrected chi connectivity index (χ0v) is 14.7. The Hall–Kier alpha value is -2.67. The second kappa shape index (κ2) is 7.94. The molecule has 1 amide bonds. The lowest BCUT2D eigenvalue weighted by molar-refractivity contribution is -0.122. The molecule has 1 aromatic carbocycles. The van der Waals surface area contributed by atoms with E-state index in [1.165, 1.54) is 16.9 Å². The summed E-state index contributed by atoms with van der Waals surface area (Å²) in [5, 5.41) is 8.83. The van der Waals surface area contributed by atoms with Crippen molar-refractivity contribution in [2.45, 2.75) is 25.8 Å². The lowest BCUT2D eigenvalue weighted by atomic mass is 9.96. The van der Waals surface area contributed by atoms with E-state index < -0.39 is 5.76 Å². The molecule has 2 heterocycles. The third-order valence-corrected chi connectivity index (χ3v) is 4.80. The fourth-order valence-corrected chi connectivity index (χ4v) is 3.20. The molecule has 3 rings (SSSR count). The molecule has 0 saturated heterocycles. The number of carbonyl (C=O) groups excluding carboxylic acids is 1. The maximum atomic E-state index is 12.2. The minimum Gasteiger partial charge on any atom is -0.387 e. The molecule has 0 saturated carbocycles. The van der Waals surface area contributed by atoms with Crippen LogP contribution in [0.3, 0.4) is 0 Å². The molecule has 1 unspecified atom stereocenters. The largest absolute Gasteiger partial charge is 0.437 e. The molecular formula is C18H19N3O3S. The topological polar surface area (TPSA) is 77.1 Å². The van der Waals surface area contributed by atoms with Crippen molar-refractivity contribution < 1.29 is 9.21 Å². The molecule has 0 aliphatic carbocycles. The highest BCUT2D eigenvalue weighted by molar-refractivity contribution is 7.13. The van der Waals surface area contributed by atoms with Crippen LogP contribution in [0.2, 0.25) is 0 Å². The maximum Gasteiger partial charge on any atom is 0.437 e. The summed E-state index contributed by atoms with van der Waals surface area (Å²) in [6.45, 7) is 2.45. The van der Waals surface area contributed by atoms with Crippen molar-refractivity contribution in [3.63, 3.8) is 0 Å². The van der Waals surface area contributed by atoms with E-state index in [-0.39, 0.29) is 24.3 Å². The monoisotopic (exact) mass is 357 g/mol. The number of nitrogens with one attached hydrogen (secondary N) is 1. The number of carbonyl (C=O) groups is 1. The van der Waals surface area contributed by atoms with Gasteiger partial charge in [-0.05, 0) is 23.4 Å². The number of amides is 1. The van der Waals surface area contributed by atoms with Gasteiger partial charge in [0.1, 0.15) is 6.54 Å². The SMILES string of the molecule is CCC(CNC(=O)Cn1nc(-c2cccs2)oc1=O)c1ccccc1. The van der Waals surface area contributed by atoms with Gasteiger partial charge in [-0.3, -0.25) is 4.79 Å². The summed E-state index contributed by atoms with van der Waals surface area (Å²) in [5.41, 5.74) is 1.18. The van der Waals surface area contributed by atoms with Crippen molar-refractivity contribution in [2.24, 2.45) is 0 Å². The molecule has 0 radical (unpaired) electrons. The fraction of sp³-hybridized carbons (Fsp3) is 0.278. The van der Waals surface area contributed by atoms with E-state index in [2.05, 4.69) is 29.5 Å². The molecule has 2 aromatic heterocycles. The normalized spacial score (nSPS) is 12.0. The van der Waals surface area contributed by atoms with Crippen molar-refractivity contribution in [3.8, 4) is 10.8 Å². The summed E-state index contributed by atoms with van der Waals surface area (Å²) in [4.78, 5) is 24.8. The van der Waals surface area contributed by atoms with Crippen molar-refractivity contribution in [1.29, 1.82) is 0 Å². The van der Waals surface area contributed by atoms with Crippen molar-refractivity contribution in [2.75, 3.05) is 6.54 Å². The Bertz CT molecular complexity index is 869. The second-order valence-electron chi connectivity index (χ2n) is 5.63. The molecule has 25 heavy (non-hydrogen) atoms. The highest BCUT2D eigenvalue weighted by atomic mass is 32.1. The Balaban J connectivity index is 1.60. The average molecular weight is 357 g/mol. The van der Waals surface area contributed by atoms with Gasteiger partial charge in [0.05, 0.1) is 4.88 Å². The van der Waals surface area contributed by atoms with Gasteiger partial charge in [0.2, 0.25) is 5.91 Å². The van der Waals surface area contributed by atoms with Crippen LogP contribution < -0.4 is 11.1 Å². The van der Waals surface area contributed by atoms with Gasteiger partial charge < -0.3 is 9.73 Å². The number of hydrogen-bond donors (Lipinski definition) is 1. The first kappa shape index (κ1) is 17.2. The number of rotatable bonds is 7. The summed E-state index contributed by atoms with van der Waals surface area (Å²) in [5.74, 6) is -0.416. The third-order valence-electron chi connectivity index (χ3n) is 3.94. The van der Waals surface area contributed by atoms with Gasteiger partial charge in [0.15, 0.2) is 0 Å². The molecule has 1 atom stereocenters. The molecule has 6 nitrogen and oxygen atoms in total. The quantitative estimate of drug-likeness (QED) is 0.705. The van der Waals surface area contributed by atoms with Crippen molar-refractivity contribution >= 4 is 17.2 Å². The van der Waals surface area contributed by atoms with Crippen molar-refractivity contribution in [3.05, 3.63) is 64.0 Å². The fourth-order valence-electron chi connectivity index (χ4n) is 2.56. The molecule has 0 aliphatic heterocycles. The average Bonchev–Trinajstić information content (AvgIpc) is 3.27. The molecular weight excluding hydrogens is 338 g/mol. The highest BCUT2D eigenvalue weighted by Gasteiger charge is 2.15. The summed E-state index contributed by atoms with van der Waals surface area (Å²) in [6.07, 6.45) is 0.913. The summed E-state index contributed by atoms with van der Waals surface area (Å²) in [7, 11) is 0. The van der Waals surface area contributed by atoms with Crippen LogP contribution in [0.5, 0.6) is 0 Å². The Morgan fingerprint density at radius 1 is 1.28 bits per heavy atom. The molecule has 7 heteroatoms. The summed E-state index contributed by atoms with van der Waals surface area (Å²) < 4.78 is 6.15. The first-order valence-electron chi connectivity index (χ1n) is 8.11. The lowest BCUT2D eigenvalue weighted by Crippen LogP contribution is -2.34. The third kappa shape index (κ3) is 4.24. The van der Waals surface area contributed by atoms with E-state index in [0.717, 1.165) is 16.0 Å². The van der Waals surface area contributed by atoms with E-state index in [4.69, 9.17) is 4.42 Å². The number of nitrogens with zero attached hydrogens (tertiary/aromatic N) is 2. The van der Waals surface area contributed by atoms with Crippen LogP contribution in [0.1, 0.15) is 24.8 Å². The van der Waals surface area contributed by atoms with Crippen LogP contribution in [-0.2, 0) is 11.3 Å². The maximum absolute atomic E-state index is 12.2. The lowest BCUT2D eigenvalue weighted by Gasteiger charge is -2.16. The van der Waals surface area contributed by atoms with Gasteiger partial charge in [-0.25, -0.2) is 4.79 Å². The van der Waals surface area contributed by atoms with E-state index in [1.54, 1.807) is 0 Å². The molecule has 0 bridgehead atoms. The van der Waals surface area contributed by atoms with Gasteiger partial charge >= 0.3 is 5.76 Å². The second-order valence-corrected chi connectivity index (χ2v) is 6.58. The smallest absolute Gasteiger partial charge is 0.387 e. The van der Waals surface area contributed by atoms with E-state index in [1.807, 2.05) is 35.7 Å². The van der Waals surface area contributed by atoms with Crippen LogP contribution in [0.4, 0.5) is 0 Å². The zero-order chi connectivity index (χ0) is 17.6. The number of thiophene rings is 1. The first-order valence-corrected chi connectivity index (χ1v) is 8.98. The summed E-state index contributed by atoms with van der Waals surface area (Å²) in [6, 6.07) is 13.7. The van der Waals surface area contributed by atoms with Gasteiger partial charge in [-0.15, -0.1) is 16.4 Å². The highest BCUT2D eigenvalue weighted by Crippen LogP contribution is 2.21. The molecule has 3 aromatic rings. The minimum atomic E-state index is -0.631. The van der Waals surface area contributed by atoms with Crippen LogP contribution in [-0.4, -0.2) is 22.2 Å². The molecule has 0 aliphatic rings. The van der Waals surface area contributed by atoms with E-state index in [9.17, 15) is 9.59 Å². The van der Waals surface area contributed by atoms with Gasteiger partial charge in [-0.2, -0.15) is 4.68 Å². The Morgan fingerprint density at radius 2 is 2.08 bits per heavy atom. The van der Waals surface area contributed by atoms with Crippen molar-refractivity contribution in [1.82, 2.24) is 15.1 Å². The van der Waals surface area contributed by atoms with E-state index >= 15 is 0 Å². The predicted molar refractivity (Wildman–Crippen MR) is 96.6 cm³/mol. The Labute approximate surface area is 149 Å². The van der Waals surface area contributed by atoms with Crippen LogP contribution in [0.25, 0.3) is 10.8 Å². The molecule has 1 N–H and O–H groups in total. The Kier molecular flexibility index (Phi) is 5.45. The number of benzene rings is 1. The van der Waals surface area contributed by atoms with Gasteiger partial charge in [-0.1, -0.05) is 43.3 Å². The Morgan fingerprint density at radius 3 is 2.76 bits per heavy atom.